The summed E-state index contributed by atoms with van der Waals surface area (Å²) in [5, 5.41) is 0. The lowest BCUT2D eigenvalue weighted by Crippen LogP contribution is -2.24. The summed E-state index contributed by atoms with van der Waals surface area (Å²) in [7, 11) is 1.52. The molecule has 0 fully saturated rings. The van der Waals surface area contributed by atoms with Crippen LogP contribution in [0.5, 0.6) is 11.5 Å². The molecule has 2 aromatic carbocycles. The minimum Gasteiger partial charge on any atom is -0.497 e. The van der Waals surface area contributed by atoms with Crippen LogP contribution in [-0.4, -0.2) is 19.0 Å². The van der Waals surface area contributed by atoms with Crippen LogP contribution < -0.4 is 9.47 Å². The Hall–Kier alpha value is -2.43. The molecule has 1 unspecified atom stereocenters. The van der Waals surface area contributed by atoms with E-state index < -0.39 is 17.7 Å². The maximum Gasteiger partial charge on any atom is 0.202 e. The Bertz CT molecular complexity index is 638. The van der Waals surface area contributed by atoms with Gasteiger partial charge in [-0.15, -0.1) is 0 Å². The van der Waals surface area contributed by atoms with Crippen molar-refractivity contribution < 1.29 is 23.0 Å². The number of halogens is 2. The van der Waals surface area contributed by atoms with Gasteiger partial charge >= 0.3 is 0 Å². The second kappa shape index (κ2) is 6.35. The van der Waals surface area contributed by atoms with Gasteiger partial charge in [-0.1, -0.05) is 6.07 Å². The Balaban J connectivity index is 2.13. The number of methoxy groups -OCH3 is 1. The van der Waals surface area contributed by atoms with Crippen molar-refractivity contribution in [1.82, 2.24) is 0 Å². The summed E-state index contributed by atoms with van der Waals surface area (Å²) in [6.45, 7) is 1.48. The predicted octanol–water partition coefficient (Wildman–Crippen LogP) is 3.62. The highest BCUT2D eigenvalue weighted by Crippen LogP contribution is 2.21. The Labute approximate surface area is 121 Å². The smallest absolute Gasteiger partial charge is 0.202 e. The first-order valence-electron chi connectivity index (χ1n) is 6.32. The minimum atomic E-state index is -1.10. The summed E-state index contributed by atoms with van der Waals surface area (Å²) in [4.78, 5) is 12.2. The Kier molecular flexibility index (Phi) is 4.52. The lowest BCUT2D eigenvalue weighted by molar-refractivity contribution is 0.0811. The van der Waals surface area contributed by atoms with E-state index in [0.29, 0.717) is 11.3 Å². The molecule has 0 saturated carbocycles. The van der Waals surface area contributed by atoms with Gasteiger partial charge < -0.3 is 9.47 Å². The van der Waals surface area contributed by atoms with Gasteiger partial charge in [0.25, 0.3) is 0 Å². The van der Waals surface area contributed by atoms with Crippen molar-refractivity contribution in [3.63, 3.8) is 0 Å². The van der Waals surface area contributed by atoms with Crippen LogP contribution in [0.4, 0.5) is 8.78 Å². The lowest BCUT2D eigenvalue weighted by atomic mass is 10.1. The standard InChI is InChI=1S/C16H14F2O3/c1-10(21-14-5-3-4-13(17)15(14)18)16(19)11-6-8-12(20-2)9-7-11/h3-10H,1-2H3. The zero-order valence-corrected chi connectivity index (χ0v) is 11.6. The average Bonchev–Trinajstić information content (AvgIpc) is 2.51. The summed E-state index contributed by atoms with van der Waals surface area (Å²) >= 11 is 0. The summed E-state index contributed by atoms with van der Waals surface area (Å²) < 4.78 is 36.8. The van der Waals surface area contributed by atoms with Crippen molar-refractivity contribution in [2.75, 3.05) is 7.11 Å². The number of carbonyl (C=O) groups excluding carboxylic acids is 1. The molecule has 0 saturated heterocycles. The fourth-order valence-electron chi connectivity index (χ4n) is 1.81. The van der Waals surface area contributed by atoms with Crippen LogP contribution in [0.25, 0.3) is 0 Å². The van der Waals surface area contributed by atoms with Crippen LogP contribution in [-0.2, 0) is 0 Å². The monoisotopic (exact) mass is 292 g/mol. The molecular weight excluding hydrogens is 278 g/mol. The number of Topliss-reactive ketones (excluding diaryl/α,β-unsaturated/α-hetero) is 1. The van der Waals surface area contributed by atoms with Crippen molar-refractivity contribution in [3.05, 3.63) is 59.7 Å². The Morgan fingerprint density at radius 3 is 2.38 bits per heavy atom. The average molecular weight is 292 g/mol. The predicted molar refractivity (Wildman–Crippen MR) is 73.8 cm³/mol. The number of benzene rings is 2. The molecule has 0 N–H and O–H groups in total. The maximum atomic E-state index is 13.5. The summed E-state index contributed by atoms with van der Waals surface area (Å²) in [5.74, 6) is -2.12. The van der Waals surface area contributed by atoms with Gasteiger partial charge in [0.05, 0.1) is 7.11 Å². The normalized spacial score (nSPS) is 11.8. The molecule has 0 spiro atoms. The molecule has 0 amide bonds. The van der Waals surface area contributed by atoms with E-state index in [1.807, 2.05) is 0 Å². The van der Waals surface area contributed by atoms with Crippen LogP contribution in [0, 0.1) is 11.6 Å². The molecule has 2 rings (SSSR count). The Morgan fingerprint density at radius 2 is 1.76 bits per heavy atom. The number of ether oxygens (including phenoxy) is 2. The van der Waals surface area contributed by atoms with E-state index in [1.54, 1.807) is 24.3 Å². The molecule has 2 aromatic rings. The highest BCUT2D eigenvalue weighted by atomic mass is 19.2. The van der Waals surface area contributed by atoms with E-state index >= 15 is 0 Å². The third-order valence-corrected chi connectivity index (χ3v) is 2.96. The van der Waals surface area contributed by atoms with Gasteiger partial charge in [-0.05, 0) is 43.3 Å². The van der Waals surface area contributed by atoms with Gasteiger partial charge in [-0.25, -0.2) is 4.39 Å². The number of hydrogen-bond donors (Lipinski definition) is 0. The molecule has 0 radical (unpaired) electrons. The van der Waals surface area contributed by atoms with Crippen molar-refractivity contribution >= 4 is 5.78 Å². The highest BCUT2D eigenvalue weighted by Gasteiger charge is 2.19. The van der Waals surface area contributed by atoms with Crippen molar-refractivity contribution in [1.29, 1.82) is 0 Å². The largest absolute Gasteiger partial charge is 0.497 e. The molecule has 0 aliphatic heterocycles. The van der Waals surface area contributed by atoms with E-state index in [1.165, 1.54) is 26.2 Å². The van der Waals surface area contributed by atoms with Gasteiger partial charge in [0.15, 0.2) is 17.7 Å². The van der Waals surface area contributed by atoms with Gasteiger partial charge in [-0.2, -0.15) is 4.39 Å². The first-order valence-corrected chi connectivity index (χ1v) is 6.32. The van der Waals surface area contributed by atoms with E-state index in [0.717, 1.165) is 6.07 Å². The van der Waals surface area contributed by atoms with Crippen molar-refractivity contribution in [2.24, 2.45) is 0 Å². The molecule has 5 heteroatoms. The molecule has 0 aromatic heterocycles. The second-order valence-corrected chi connectivity index (χ2v) is 4.40. The number of rotatable bonds is 5. The third-order valence-electron chi connectivity index (χ3n) is 2.96. The minimum absolute atomic E-state index is 0.288. The number of hydrogen-bond acceptors (Lipinski definition) is 3. The molecule has 0 aliphatic rings. The van der Waals surface area contributed by atoms with E-state index in [2.05, 4.69) is 0 Å². The van der Waals surface area contributed by atoms with Crippen LogP contribution >= 0.6 is 0 Å². The fraction of sp³-hybridized carbons (Fsp3) is 0.188. The van der Waals surface area contributed by atoms with Crippen LogP contribution in [0.2, 0.25) is 0 Å². The summed E-state index contributed by atoms with van der Waals surface area (Å²) in [5.41, 5.74) is 0.403. The maximum absolute atomic E-state index is 13.5. The van der Waals surface area contributed by atoms with Gasteiger partial charge in [0.1, 0.15) is 5.75 Å². The van der Waals surface area contributed by atoms with Gasteiger partial charge in [0.2, 0.25) is 11.6 Å². The summed E-state index contributed by atoms with van der Waals surface area (Å²) in [6.07, 6.45) is -0.935. The fourth-order valence-corrected chi connectivity index (χ4v) is 1.81. The van der Waals surface area contributed by atoms with E-state index in [4.69, 9.17) is 9.47 Å². The molecule has 1 atom stereocenters. The van der Waals surface area contributed by atoms with Crippen molar-refractivity contribution in [2.45, 2.75) is 13.0 Å². The molecule has 3 nitrogen and oxygen atoms in total. The number of ketones is 1. The van der Waals surface area contributed by atoms with Crippen LogP contribution in [0.15, 0.2) is 42.5 Å². The second-order valence-electron chi connectivity index (χ2n) is 4.40. The van der Waals surface area contributed by atoms with Crippen molar-refractivity contribution in [3.8, 4) is 11.5 Å². The highest BCUT2D eigenvalue weighted by molar-refractivity contribution is 5.99. The molecule has 0 bridgehead atoms. The van der Waals surface area contributed by atoms with Crippen LogP contribution in [0.1, 0.15) is 17.3 Å². The topological polar surface area (TPSA) is 35.5 Å². The lowest BCUT2D eigenvalue weighted by Gasteiger charge is -2.14. The zero-order chi connectivity index (χ0) is 15.4. The Morgan fingerprint density at radius 1 is 1.10 bits per heavy atom. The molecule has 0 heterocycles. The quantitative estimate of drug-likeness (QED) is 0.790. The van der Waals surface area contributed by atoms with Gasteiger partial charge in [0, 0.05) is 5.56 Å². The zero-order valence-electron chi connectivity index (χ0n) is 11.6. The molecule has 21 heavy (non-hydrogen) atoms. The first-order chi connectivity index (χ1) is 10.0. The number of carbonyl (C=O) groups is 1. The third kappa shape index (κ3) is 3.37. The molecule has 0 aliphatic carbocycles. The molecule has 110 valence electrons. The summed E-state index contributed by atoms with van der Waals surface area (Å²) in [6, 6.07) is 10.0. The first kappa shape index (κ1) is 15.0. The van der Waals surface area contributed by atoms with E-state index in [9.17, 15) is 13.6 Å². The SMILES string of the molecule is COc1ccc(C(=O)C(C)Oc2cccc(F)c2F)cc1. The van der Waals surface area contributed by atoms with E-state index in [-0.39, 0.29) is 11.5 Å². The molecular formula is C16H14F2O3. The van der Waals surface area contributed by atoms with Gasteiger partial charge in [-0.3, -0.25) is 4.79 Å². The van der Waals surface area contributed by atoms with Crippen LogP contribution in [0.3, 0.4) is 0 Å².